The molecule has 2 atom stereocenters. The van der Waals surface area contributed by atoms with Crippen molar-refractivity contribution in [1.29, 1.82) is 0 Å². The number of Topliss-reactive ketones (excluding diaryl/α,β-unsaturated/α-hetero) is 1. The highest BCUT2D eigenvalue weighted by molar-refractivity contribution is 6.15. The summed E-state index contributed by atoms with van der Waals surface area (Å²) >= 11 is 0. The molecule has 0 bridgehead atoms. The molecule has 2 rings (SSSR count). The zero-order valence-electron chi connectivity index (χ0n) is 20.3. The van der Waals surface area contributed by atoms with Crippen LogP contribution in [0.15, 0.2) is 82.9 Å². The van der Waals surface area contributed by atoms with Gasteiger partial charge in [0.15, 0.2) is 11.4 Å². The molecule has 0 aromatic heterocycles. The van der Waals surface area contributed by atoms with Crippen molar-refractivity contribution in [2.24, 2.45) is 0 Å². The van der Waals surface area contributed by atoms with Crippen LogP contribution in [0.25, 0.3) is 0 Å². The fourth-order valence-electron chi connectivity index (χ4n) is 3.66. The molecule has 4 N–H and O–H groups in total. The van der Waals surface area contributed by atoms with Gasteiger partial charge in [-0.2, -0.15) is 0 Å². The van der Waals surface area contributed by atoms with Crippen LogP contribution in [0.2, 0.25) is 0 Å². The van der Waals surface area contributed by atoms with E-state index < -0.39 is 41.6 Å². The Morgan fingerprint density at radius 3 is 2.60 bits per heavy atom. The minimum atomic E-state index is -1.70. The summed E-state index contributed by atoms with van der Waals surface area (Å²) in [6.45, 7) is 5.41. The molecule has 8 nitrogen and oxygen atoms in total. The van der Waals surface area contributed by atoms with E-state index in [1.54, 1.807) is 18.2 Å². The number of nitrogens with one attached hydrogen (secondary N) is 1. The normalized spacial score (nSPS) is 22.9. The third-order valence-electron chi connectivity index (χ3n) is 5.54. The van der Waals surface area contributed by atoms with Gasteiger partial charge in [0.2, 0.25) is 5.78 Å². The predicted molar refractivity (Wildman–Crippen MR) is 132 cm³/mol. The van der Waals surface area contributed by atoms with Crippen molar-refractivity contribution in [2.45, 2.75) is 51.7 Å². The van der Waals surface area contributed by atoms with E-state index in [1.165, 1.54) is 31.4 Å². The van der Waals surface area contributed by atoms with Gasteiger partial charge in [0.25, 0.3) is 0 Å². The van der Waals surface area contributed by atoms with Gasteiger partial charge >= 0.3 is 5.97 Å². The first-order valence-electron chi connectivity index (χ1n) is 11.6. The Balaban J connectivity index is 2.51. The molecule has 0 aromatic rings. The lowest BCUT2D eigenvalue weighted by atomic mass is 9.76. The maximum Gasteiger partial charge on any atom is 0.343 e. The average Bonchev–Trinajstić information content (AvgIpc) is 3.08. The Hall–Kier alpha value is -3.49. The highest BCUT2D eigenvalue weighted by Crippen LogP contribution is 2.44. The summed E-state index contributed by atoms with van der Waals surface area (Å²) in [4.78, 5) is 38.4. The van der Waals surface area contributed by atoms with E-state index >= 15 is 0 Å². The summed E-state index contributed by atoms with van der Waals surface area (Å²) in [7, 11) is 0. The molecule has 0 unspecified atom stereocenters. The van der Waals surface area contributed by atoms with Crippen molar-refractivity contribution in [1.82, 2.24) is 5.32 Å². The average molecular weight is 484 g/mol. The van der Waals surface area contributed by atoms with Gasteiger partial charge in [-0.15, -0.1) is 0 Å². The molecule has 0 saturated heterocycles. The highest BCUT2D eigenvalue weighted by atomic mass is 16.6. The molecule has 0 spiro atoms. The van der Waals surface area contributed by atoms with Crippen LogP contribution in [-0.4, -0.2) is 57.7 Å². The lowest BCUT2D eigenvalue weighted by molar-refractivity contribution is -0.152. The van der Waals surface area contributed by atoms with Gasteiger partial charge in [-0.1, -0.05) is 43.7 Å². The number of aliphatic hydroxyl groups excluding tert-OH is 3. The largest absolute Gasteiger partial charge is 0.507 e. The smallest absolute Gasteiger partial charge is 0.343 e. The summed E-state index contributed by atoms with van der Waals surface area (Å²) in [6, 6.07) is 0. The molecule has 1 aliphatic heterocycles. The van der Waals surface area contributed by atoms with Crippen LogP contribution in [0.3, 0.4) is 0 Å². The number of rotatable bonds is 12. The lowest BCUT2D eigenvalue weighted by Gasteiger charge is -2.31. The highest BCUT2D eigenvalue weighted by Gasteiger charge is 2.53. The maximum atomic E-state index is 13.4. The number of allylic oxidation sites excluding steroid dienone is 7. The number of unbranched alkanes of at least 4 members (excludes halogenated alkanes) is 1. The first kappa shape index (κ1) is 27.8. The number of carbonyl (C=O) groups is 3. The number of fused-ring (bicyclic) bond motifs is 1. The van der Waals surface area contributed by atoms with E-state index in [0.717, 1.165) is 18.9 Å². The fraction of sp³-hybridized carbons (Fsp3) is 0.370. The first-order valence-corrected chi connectivity index (χ1v) is 11.6. The second-order valence-corrected chi connectivity index (χ2v) is 8.32. The molecule has 1 heterocycles. The van der Waals surface area contributed by atoms with Crippen LogP contribution < -0.4 is 5.32 Å². The van der Waals surface area contributed by atoms with E-state index in [4.69, 9.17) is 4.74 Å². The second kappa shape index (κ2) is 12.8. The third-order valence-corrected chi connectivity index (χ3v) is 5.54. The van der Waals surface area contributed by atoms with Crippen LogP contribution in [-0.2, 0) is 19.1 Å². The van der Waals surface area contributed by atoms with Gasteiger partial charge in [-0.3, -0.25) is 9.59 Å². The van der Waals surface area contributed by atoms with Crippen molar-refractivity contribution in [3.05, 3.63) is 82.9 Å². The Morgan fingerprint density at radius 2 is 1.94 bits per heavy atom. The molecular formula is C27H33NO7. The molecule has 2 aliphatic rings. The number of esters is 1. The summed E-state index contributed by atoms with van der Waals surface area (Å²) < 4.78 is 5.41. The van der Waals surface area contributed by atoms with Gasteiger partial charge < -0.3 is 25.4 Å². The van der Waals surface area contributed by atoms with Gasteiger partial charge in [-0.05, 0) is 38.0 Å². The van der Waals surface area contributed by atoms with E-state index in [1.807, 2.05) is 19.9 Å². The summed E-state index contributed by atoms with van der Waals surface area (Å²) in [5, 5.41) is 33.0. The molecule has 8 heteroatoms. The van der Waals surface area contributed by atoms with Crippen LogP contribution >= 0.6 is 0 Å². The number of hydrogen-bond donors (Lipinski definition) is 4. The zero-order valence-corrected chi connectivity index (χ0v) is 20.3. The van der Waals surface area contributed by atoms with E-state index in [-0.39, 0.29) is 23.1 Å². The van der Waals surface area contributed by atoms with Crippen molar-refractivity contribution >= 4 is 17.5 Å². The molecule has 0 saturated carbocycles. The van der Waals surface area contributed by atoms with Crippen molar-refractivity contribution in [3.63, 3.8) is 0 Å². The Kier molecular flexibility index (Phi) is 10.2. The quantitative estimate of drug-likeness (QED) is 0.110. The maximum absolute atomic E-state index is 13.4. The number of hydrogen-bond acceptors (Lipinski definition) is 8. The minimum Gasteiger partial charge on any atom is -0.507 e. The van der Waals surface area contributed by atoms with E-state index in [9.17, 15) is 29.7 Å². The zero-order chi connectivity index (χ0) is 26.0. The topological polar surface area (TPSA) is 133 Å². The van der Waals surface area contributed by atoms with Gasteiger partial charge in [0.05, 0.1) is 12.7 Å². The van der Waals surface area contributed by atoms with Gasteiger partial charge in [0, 0.05) is 36.4 Å². The van der Waals surface area contributed by atoms with Crippen LogP contribution in [0.5, 0.6) is 0 Å². The molecule has 35 heavy (non-hydrogen) atoms. The van der Waals surface area contributed by atoms with Gasteiger partial charge in [0.1, 0.15) is 11.3 Å². The van der Waals surface area contributed by atoms with Crippen LogP contribution in [0.1, 0.15) is 40.0 Å². The predicted octanol–water partition coefficient (Wildman–Crippen LogP) is 2.82. The fourth-order valence-corrected chi connectivity index (χ4v) is 3.66. The van der Waals surface area contributed by atoms with Crippen molar-refractivity contribution in [2.75, 3.05) is 13.2 Å². The Labute approximate surface area is 205 Å². The van der Waals surface area contributed by atoms with E-state index in [0.29, 0.717) is 12.1 Å². The summed E-state index contributed by atoms with van der Waals surface area (Å²) in [5.74, 6) is -2.66. The molecule has 1 aliphatic carbocycles. The third kappa shape index (κ3) is 6.77. The molecule has 0 radical (unpaired) electrons. The molecule has 0 amide bonds. The second-order valence-electron chi connectivity index (χ2n) is 8.32. The van der Waals surface area contributed by atoms with E-state index in [2.05, 4.69) is 5.32 Å². The standard InChI is InChI=1S/C27H33NO7/c1-4-6-8-9-10-11-19(30)15-23(32)24-22-14-18(13-20(31)17-29)21(16-28-12-7-5-2)25(33)27(22,3)35-26(24)34/h4,6,8-11,14-16,20,28-29,31-32H,5,7,12-13,17H2,1-3H3/b6-4+,9-8+,11-10+,21-16-,23-15-/t20-,27-/m0/s1. The number of carbonyl (C=O) groups excluding carboxylic acids is 3. The van der Waals surface area contributed by atoms with Crippen LogP contribution in [0.4, 0.5) is 0 Å². The minimum absolute atomic E-state index is 0.0603. The summed E-state index contributed by atoms with van der Waals surface area (Å²) in [5.41, 5.74) is -1.31. The molecular weight excluding hydrogens is 450 g/mol. The molecule has 188 valence electrons. The first-order chi connectivity index (χ1) is 16.7. The van der Waals surface area contributed by atoms with Crippen molar-refractivity contribution < 1.29 is 34.4 Å². The van der Waals surface area contributed by atoms with Crippen LogP contribution in [0, 0.1) is 0 Å². The van der Waals surface area contributed by atoms with Crippen molar-refractivity contribution in [3.8, 4) is 0 Å². The number of aliphatic hydroxyl groups is 3. The monoisotopic (exact) mass is 483 g/mol. The summed E-state index contributed by atoms with van der Waals surface area (Å²) in [6.07, 6.45) is 14.2. The SMILES string of the molecule is C/C=C/C=C/C=C/C(=O)/C=C(\O)C1=C2C=C(C[C@H](O)CO)/C(=C/NCCCC)C(=O)[C@@]2(C)OC1=O. The Morgan fingerprint density at radius 1 is 1.23 bits per heavy atom. The number of ether oxygens (including phenoxy) is 1. The molecule has 0 aromatic carbocycles. The van der Waals surface area contributed by atoms with Gasteiger partial charge in [-0.25, -0.2) is 4.79 Å². The molecule has 0 fully saturated rings. The number of ketones is 2. The Bertz CT molecular complexity index is 1060. The lowest BCUT2D eigenvalue weighted by Crippen LogP contribution is -2.42.